The molecule has 0 radical (unpaired) electrons. The van der Waals surface area contributed by atoms with Crippen LogP contribution in [0.1, 0.15) is 52.6 Å². The number of benzene rings is 2. The number of methoxy groups -OCH3 is 2. The van der Waals surface area contributed by atoms with Gasteiger partial charge in [-0.05, 0) is 28.3 Å². The molecule has 0 unspecified atom stereocenters. The number of nitrogens with zero attached hydrogens (tertiary/aromatic N) is 5. The molecule has 0 bridgehead atoms. The van der Waals surface area contributed by atoms with Gasteiger partial charge >= 0.3 is 5.69 Å². The van der Waals surface area contributed by atoms with Crippen molar-refractivity contribution in [2.24, 2.45) is 11.8 Å². The molecule has 340 valence electrons. The van der Waals surface area contributed by atoms with Gasteiger partial charge in [-0.2, -0.15) is 10.0 Å². The van der Waals surface area contributed by atoms with Crippen molar-refractivity contribution in [1.82, 2.24) is 34.1 Å². The average Bonchev–Trinajstić information content (AvgIpc) is 3.95. The lowest BCUT2D eigenvalue weighted by Gasteiger charge is -2.46. The van der Waals surface area contributed by atoms with E-state index >= 15 is 0 Å². The number of imidazole rings is 1. The van der Waals surface area contributed by atoms with Crippen molar-refractivity contribution in [3.8, 4) is 0 Å². The summed E-state index contributed by atoms with van der Waals surface area (Å²) in [7, 11) is 1.65. The summed E-state index contributed by atoms with van der Waals surface area (Å²) in [6.07, 6.45) is -2.50. The number of hydroxylamine groups is 2. The fourth-order valence-electron chi connectivity index (χ4n) is 8.87. The van der Waals surface area contributed by atoms with Crippen molar-refractivity contribution in [2.45, 2.75) is 89.6 Å². The minimum atomic E-state index is -3.24. The summed E-state index contributed by atoms with van der Waals surface area (Å²) >= 11 is 0. The highest BCUT2D eigenvalue weighted by Gasteiger charge is 2.57. The second kappa shape index (κ2) is 19.1. The third kappa shape index (κ3) is 9.11. The zero-order chi connectivity index (χ0) is 45.2. The topological polar surface area (TPSA) is 209 Å². The number of hydrogen-bond acceptors (Lipinski definition) is 14. The number of aryl methyl sites for hydroxylation is 1. The maximum atomic E-state index is 13.4. The van der Waals surface area contributed by atoms with Crippen LogP contribution in [0.25, 0.3) is 11.2 Å². The summed E-state index contributed by atoms with van der Waals surface area (Å²) in [5.74, 6) is 0.192. The molecule has 19 heteroatoms. The molecule has 2 fully saturated rings. The van der Waals surface area contributed by atoms with Crippen molar-refractivity contribution >= 4 is 35.8 Å². The van der Waals surface area contributed by atoms with Gasteiger partial charge in [0.15, 0.2) is 23.6 Å². The molecule has 2 aromatic carbocycles. The van der Waals surface area contributed by atoms with E-state index < -0.39 is 79.1 Å². The van der Waals surface area contributed by atoms with E-state index in [1.54, 1.807) is 37.8 Å². The van der Waals surface area contributed by atoms with Crippen molar-refractivity contribution in [1.29, 1.82) is 0 Å². The van der Waals surface area contributed by atoms with E-state index in [1.807, 2.05) is 50.2 Å². The lowest BCUT2D eigenvalue weighted by molar-refractivity contribution is -0.189. The molecule has 2 saturated heterocycles. The molecular weight excluding hydrogens is 829 g/mol. The Balaban J connectivity index is 1.19. The smallest absolute Gasteiger partial charge is 0.330 e. The van der Waals surface area contributed by atoms with Crippen LogP contribution in [0, 0.1) is 18.8 Å². The maximum Gasteiger partial charge on any atom is 0.330 e. The van der Waals surface area contributed by atoms with Crippen LogP contribution in [0.2, 0.25) is 5.04 Å². The summed E-state index contributed by atoms with van der Waals surface area (Å²) in [4.78, 5) is 59.6. The minimum absolute atomic E-state index is 0.0315. The average molecular weight is 889 g/mol. The number of H-pyrrole nitrogens is 2. The number of anilines is 1. The van der Waals surface area contributed by atoms with Gasteiger partial charge < -0.3 is 33.8 Å². The van der Waals surface area contributed by atoms with Gasteiger partial charge in [-0.3, -0.25) is 33.5 Å². The molecule has 0 amide bonds. The van der Waals surface area contributed by atoms with Gasteiger partial charge in [0.25, 0.3) is 19.4 Å². The van der Waals surface area contributed by atoms with Crippen molar-refractivity contribution in [3.63, 3.8) is 0 Å². The van der Waals surface area contributed by atoms with Crippen LogP contribution in [0.15, 0.2) is 87.6 Å². The van der Waals surface area contributed by atoms with Crippen LogP contribution in [-0.4, -0.2) is 126 Å². The molecule has 0 saturated carbocycles. The van der Waals surface area contributed by atoms with Crippen LogP contribution >= 0.6 is 0 Å². The number of ether oxygens (including phenoxy) is 4. The van der Waals surface area contributed by atoms with E-state index in [0.717, 1.165) is 10.4 Å². The number of aliphatic hydroxyl groups is 1. The SMILES string of the molecule is CO[C@@H]1[C@H](O[Si](c2ccccc2)(c2ccccc2)C(C)(C)C)[C@@H](CON(C)C[C@H]2[C@@H](OC)[C@H](n3cnc4c(=O)[nH]c(NCC(C)C)nc43)O[C@@H]2CO)O[C@H]1n1cc(C)c(=O)[nH]c1=O. The maximum absolute atomic E-state index is 13.4. The summed E-state index contributed by atoms with van der Waals surface area (Å²) in [6.45, 7) is 12.7. The van der Waals surface area contributed by atoms with Gasteiger partial charge in [0.1, 0.15) is 24.4 Å². The predicted molar refractivity (Wildman–Crippen MR) is 239 cm³/mol. The summed E-state index contributed by atoms with van der Waals surface area (Å²) < 4.78 is 36.1. The highest BCUT2D eigenvalue weighted by molar-refractivity contribution is 6.99. The Morgan fingerprint density at radius 2 is 1.51 bits per heavy atom. The third-order valence-electron chi connectivity index (χ3n) is 12.0. The molecule has 63 heavy (non-hydrogen) atoms. The molecule has 0 spiro atoms. The number of aliphatic hydroxyl groups excluding tert-OH is 1. The summed E-state index contributed by atoms with van der Waals surface area (Å²) in [6, 6.07) is 20.4. The van der Waals surface area contributed by atoms with E-state index in [1.165, 1.54) is 17.1 Å². The first-order chi connectivity index (χ1) is 30.1. The number of nitrogens with one attached hydrogen (secondary N) is 3. The number of rotatable bonds is 17. The lowest BCUT2D eigenvalue weighted by atomic mass is 9.98. The molecule has 0 aliphatic carbocycles. The quantitative estimate of drug-likeness (QED) is 0.0781. The van der Waals surface area contributed by atoms with Crippen LogP contribution < -0.4 is 32.5 Å². The van der Waals surface area contributed by atoms with E-state index in [4.69, 9.17) is 28.2 Å². The molecule has 7 rings (SSSR count). The minimum Gasteiger partial charge on any atom is -0.399 e. The fourth-order valence-corrected chi connectivity index (χ4v) is 13.6. The van der Waals surface area contributed by atoms with Gasteiger partial charge in [-0.15, -0.1) is 0 Å². The van der Waals surface area contributed by atoms with Crippen LogP contribution in [0.5, 0.6) is 0 Å². The third-order valence-corrected chi connectivity index (χ3v) is 17.0. The first-order valence-electron chi connectivity index (χ1n) is 21.2. The Bertz CT molecular complexity index is 2450. The second-order valence-electron chi connectivity index (χ2n) is 17.7. The first kappa shape index (κ1) is 46.2. The van der Waals surface area contributed by atoms with E-state index in [9.17, 15) is 19.5 Å². The predicted octanol–water partition coefficient (Wildman–Crippen LogP) is 2.29. The molecule has 2 aliphatic rings. The van der Waals surface area contributed by atoms with E-state index in [-0.39, 0.29) is 25.3 Å². The standard InChI is InChI=1S/C44H60N8O10Si/c1-26(2)20-45-42-47-37-33(39(55)48-42)46-25-52(37)40-34(57-8)30(31(23-53)60-40)22-50(7)59-24-32-35(36(58-9)41(61-32)51-21-27(3)38(54)49-43(51)56)62-63(44(4,5)6,28-16-12-10-13-17-28)29-18-14-11-15-19-29/h10-19,21,25-26,30-32,34-36,40-41,53H,20,22-24H2,1-9H3,(H,49,54,56)(H2,45,47,48,55)/t30-,31-,32-,34-,35-,36-,40-,41-/m1/s1. The van der Waals surface area contributed by atoms with Gasteiger partial charge in [0, 0.05) is 52.0 Å². The van der Waals surface area contributed by atoms with E-state index in [2.05, 4.69) is 70.3 Å². The van der Waals surface area contributed by atoms with Gasteiger partial charge in [-0.1, -0.05) is 95.3 Å². The van der Waals surface area contributed by atoms with Crippen molar-refractivity contribution in [2.75, 3.05) is 52.9 Å². The normalized spacial score (nSPS) is 24.3. The molecule has 18 nitrogen and oxygen atoms in total. The van der Waals surface area contributed by atoms with Crippen LogP contribution in [0.4, 0.5) is 5.95 Å². The number of hydrogen-bond donors (Lipinski definition) is 4. The van der Waals surface area contributed by atoms with Gasteiger partial charge in [0.2, 0.25) is 5.95 Å². The highest BCUT2D eigenvalue weighted by Crippen LogP contribution is 2.42. The highest BCUT2D eigenvalue weighted by atomic mass is 28.4. The molecular formula is C44H60N8O10Si. The molecule has 3 aromatic heterocycles. The number of fused-ring (bicyclic) bond motifs is 1. The summed E-state index contributed by atoms with van der Waals surface area (Å²) in [5, 5.41) is 17.1. The monoisotopic (exact) mass is 888 g/mol. The van der Waals surface area contributed by atoms with Gasteiger partial charge in [-0.25, -0.2) is 9.78 Å². The van der Waals surface area contributed by atoms with Crippen molar-refractivity contribution in [3.05, 3.63) is 110 Å². The zero-order valence-electron chi connectivity index (χ0n) is 37.3. The number of aromatic amines is 2. The molecule has 5 aromatic rings. The Morgan fingerprint density at radius 3 is 2.10 bits per heavy atom. The molecule has 5 heterocycles. The molecule has 8 atom stereocenters. The molecule has 2 aliphatic heterocycles. The van der Waals surface area contributed by atoms with Gasteiger partial charge in [0.05, 0.1) is 25.6 Å². The second-order valence-corrected chi connectivity index (χ2v) is 22.0. The first-order valence-corrected chi connectivity index (χ1v) is 23.2. The lowest BCUT2D eigenvalue weighted by Crippen LogP contribution is -2.69. The van der Waals surface area contributed by atoms with Crippen LogP contribution in [0.3, 0.4) is 0 Å². The Morgan fingerprint density at radius 1 is 0.889 bits per heavy atom. The fraction of sp³-hybridized carbons (Fsp3) is 0.523. The summed E-state index contributed by atoms with van der Waals surface area (Å²) in [5.41, 5.74) is -0.756. The Hall–Kier alpha value is -4.83. The van der Waals surface area contributed by atoms with Crippen LogP contribution in [-0.2, 0) is 28.2 Å². The Kier molecular flexibility index (Phi) is 14.0. The van der Waals surface area contributed by atoms with Crippen molar-refractivity contribution < 1.29 is 33.3 Å². The zero-order valence-corrected chi connectivity index (χ0v) is 38.3. The molecule has 4 N–H and O–H groups in total. The number of aromatic nitrogens is 6. The van der Waals surface area contributed by atoms with E-state index in [0.29, 0.717) is 29.6 Å². The largest absolute Gasteiger partial charge is 0.399 e. The Labute approximate surface area is 366 Å².